The molecule has 12 aromatic rings. The van der Waals surface area contributed by atoms with Crippen LogP contribution in [0.1, 0.15) is 0 Å². The van der Waals surface area contributed by atoms with Crippen LogP contribution in [-0.2, 0) is 23.6 Å². The predicted octanol–water partition coefficient (Wildman–Crippen LogP) is 19.2. The fourth-order valence-electron chi connectivity index (χ4n) is 9.54. The van der Waals surface area contributed by atoms with Crippen molar-refractivity contribution in [3.63, 3.8) is 0 Å². The molecule has 0 N–H and O–H groups in total. The van der Waals surface area contributed by atoms with E-state index in [2.05, 4.69) is 97.1 Å². The van der Waals surface area contributed by atoms with Gasteiger partial charge in [-0.2, -0.15) is 0 Å². The summed E-state index contributed by atoms with van der Waals surface area (Å²) in [5.74, 6) is 3.34. The highest BCUT2D eigenvalue weighted by Crippen LogP contribution is 2.63. The Balaban J connectivity index is 0.914. The SMILES string of the molecule is S=P1(Oc2ccc3ccccc3c2Sc2c(OP3(=S)Oc4ccc5ccccc5c4Sc4c(ccc5ccccc45)O3)ccc3ccccc23)Oc2ccc3ccccc3c2Sc2c(ccc3ccccc23)O1. The van der Waals surface area contributed by atoms with E-state index in [1.807, 2.05) is 121 Å². The summed E-state index contributed by atoms with van der Waals surface area (Å²) < 4.78 is 42.1. The molecule has 0 bridgehead atoms. The molecule has 352 valence electrons. The molecule has 2 aliphatic heterocycles. The van der Waals surface area contributed by atoms with Gasteiger partial charge in [0.1, 0.15) is 34.5 Å². The first-order valence-electron chi connectivity index (χ1n) is 23.3. The fraction of sp³-hybridized carbons (Fsp3) is 0. The summed E-state index contributed by atoms with van der Waals surface area (Å²) in [6.07, 6.45) is 0. The van der Waals surface area contributed by atoms with E-state index in [1.165, 1.54) is 11.8 Å². The standard InChI is InChI=1S/C60H36O6P2S5/c69-67(61-49-31-25-37-13-1-7-19-43(37)55(49)71-56-44-20-8-2-14-38(44)26-32-50(56)62-67)65-53-35-29-41-17-5-11-23-47(41)59(53)73-60-48-24-12-6-18-42(48)30-36-54(60)66-68(70)63-51-33-27-39-15-3-9-21-45(39)57(51)72-58-46-22-10-4-16-40(46)28-34-52(58)64-68/h1-36H. The van der Waals surface area contributed by atoms with Crippen molar-refractivity contribution < 1.29 is 27.1 Å². The molecule has 0 amide bonds. The number of rotatable bonds is 6. The van der Waals surface area contributed by atoms with E-state index in [1.54, 1.807) is 23.5 Å². The number of hydrogen-bond acceptors (Lipinski definition) is 11. The maximum absolute atomic E-state index is 7.17. The first-order chi connectivity index (χ1) is 35.8. The van der Waals surface area contributed by atoms with Gasteiger partial charge in [0.05, 0.1) is 29.4 Å². The second-order valence-electron chi connectivity index (χ2n) is 17.4. The average Bonchev–Trinajstić information content (AvgIpc) is 3.41. The van der Waals surface area contributed by atoms with Crippen LogP contribution in [0, 0.1) is 0 Å². The van der Waals surface area contributed by atoms with Crippen LogP contribution in [-0.4, -0.2) is 0 Å². The van der Waals surface area contributed by atoms with Crippen molar-refractivity contribution in [3.8, 4) is 34.5 Å². The van der Waals surface area contributed by atoms with Gasteiger partial charge in [0.25, 0.3) is 0 Å². The average molecular weight is 1080 g/mol. The van der Waals surface area contributed by atoms with Gasteiger partial charge in [0.15, 0.2) is 0 Å². The van der Waals surface area contributed by atoms with Crippen LogP contribution in [0.5, 0.6) is 34.5 Å². The summed E-state index contributed by atoms with van der Waals surface area (Å²) in [5, 5.41) is 12.4. The Labute approximate surface area is 443 Å². The zero-order valence-electron chi connectivity index (χ0n) is 38.2. The molecule has 73 heavy (non-hydrogen) atoms. The van der Waals surface area contributed by atoms with E-state index in [4.69, 9.17) is 50.8 Å². The fourth-order valence-corrected chi connectivity index (χ4v) is 17.6. The van der Waals surface area contributed by atoms with Crippen LogP contribution in [0.25, 0.3) is 64.6 Å². The van der Waals surface area contributed by atoms with Gasteiger partial charge in [-0.1, -0.05) is 217 Å². The molecule has 0 fully saturated rings. The Kier molecular flexibility index (Phi) is 11.1. The lowest BCUT2D eigenvalue weighted by Gasteiger charge is -2.30. The molecule has 14 rings (SSSR count). The lowest BCUT2D eigenvalue weighted by atomic mass is 10.1. The molecule has 13 heteroatoms. The van der Waals surface area contributed by atoms with Crippen molar-refractivity contribution in [1.29, 1.82) is 0 Å². The number of fused-ring (bicyclic) bond motifs is 14. The minimum absolute atomic E-state index is 0.490. The van der Waals surface area contributed by atoms with Crippen molar-refractivity contribution >= 4 is 137 Å². The number of benzene rings is 12. The lowest BCUT2D eigenvalue weighted by Crippen LogP contribution is -2.11. The highest BCUT2D eigenvalue weighted by molar-refractivity contribution is 8.08. The van der Waals surface area contributed by atoms with E-state index < -0.39 is 13.4 Å². The van der Waals surface area contributed by atoms with Gasteiger partial charge in [-0.3, -0.25) is 0 Å². The monoisotopic (exact) mass is 1070 g/mol. The molecule has 0 atom stereocenters. The molecule has 0 aliphatic carbocycles. The molecule has 0 radical (unpaired) electrons. The van der Waals surface area contributed by atoms with E-state index >= 15 is 0 Å². The van der Waals surface area contributed by atoms with Crippen molar-refractivity contribution in [3.05, 3.63) is 218 Å². The zero-order chi connectivity index (χ0) is 48.7. The molecule has 2 aliphatic rings. The highest BCUT2D eigenvalue weighted by Gasteiger charge is 2.37. The van der Waals surface area contributed by atoms with Crippen molar-refractivity contribution in [2.75, 3.05) is 0 Å². The van der Waals surface area contributed by atoms with Crippen LogP contribution in [0.3, 0.4) is 0 Å². The number of hydrogen-bond donors (Lipinski definition) is 0. The molecule has 12 aromatic carbocycles. The molecular formula is C60H36O6P2S5. The lowest BCUT2D eigenvalue weighted by molar-refractivity contribution is 0.373. The minimum atomic E-state index is -3.72. The third-order valence-electron chi connectivity index (χ3n) is 12.9. The van der Waals surface area contributed by atoms with Crippen LogP contribution in [0.15, 0.2) is 248 Å². The molecule has 0 unspecified atom stereocenters. The summed E-state index contributed by atoms with van der Waals surface area (Å²) >= 11 is 17.9. The van der Waals surface area contributed by atoms with Crippen LogP contribution < -0.4 is 27.1 Å². The summed E-state index contributed by atoms with van der Waals surface area (Å²) in [7, 11) is 0. The molecule has 2 heterocycles. The van der Waals surface area contributed by atoms with Crippen molar-refractivity contribution in [1.82, 2.24) is 0 Å². The Hall–Kier alpha value is -6.65. The van der Waals surface area contributed by atoms with Crippen LogP contribution in [0.2, 0.25) is 0 Å². The van der Waals surface area contributed by atoms with Gasteiger partial charge in [-0.15, -0.1) is 0 Å². The molecular weight excluding hydrogens is 1040 g/mol. The van der Waals surface area contributed by atoms with E-state index in [0.29, 0.717) is 34.5 Å². The second kappa shape index (κ2) is 18.1. The quantitative estimate of drug-likeness (QED) is 0.150. The maximum Gasteiger partial charge on any atom is 0.490 e. The van der Waals surface area contributed by atoms with Crippen LogP contribution >= 0.6 is 48.7 Å². The summed E-state index contributed by atoms with van der Waals surface area (Å²) in [5.41, 5.74) is 0. The Morgan fingerprint density at radius 2 is 0.548 bits per heavy atom. The van der Waals surface area contributed by atoms with Crippen molar-refractivity contribution in [2.45, 2.75) is 29.4 Å². The first-order valence-corrected chi connectivity index (χ1v) is 30.9. The van der Waals surface area contributed by atoms with Gasteiger partial charge in [-0.25, -0.2) is 0 Å². The Morgan fingerprint density at radius 1 is 0.301 bits per heavy atom. The molecule has 0 saturated heterocycles. The largest absolute Gasteiger partial charge is 0.490 e. The Morgan fingerprint density at radius 3 is 0.849 bits per heavy atom. The van der Waals surface area contributed by atoms with Gasteiger partial charge < -0.3 is 27.1 Å². The first kappa shape index (κ1) is 45.0. The highest BCUT2D eigenvalue weighted by atomic mass is 32.5. The van der Waals surface area contributed by atoms with Crippen LogP contribution in [0.4, 0.5) is 0 Å². The third kappa shape index (κ3) is 8.15. The molecule has 0 saturated carbocycles. The van der Waals surface area contributed by atoms with E-state index in [0.717, 1.165) is 94.0 Å². The summed E-state index contributed by atoms with van der Waals surface area (Å²) in [6, 6.07) is 73.8. The predicted molar refractivity (Wildman–Crippen MR) is 308 cm³/mol. The topological polar surface area (TPSA) is 55.4 Å². The zero-order valence-corrected chi connectivity index (χ0v) is 44.0. The third-order valence-corrected chi connectivity index (χ3v) is 20.5. The summed E-state index contributed by atoms with van der Waals surface area (Å²) in [4.78, 5) is 5.32. The van der Waals surface area contributed by atoms with E-state index in [9.17, 15) is 0 Å². The van der Waals surface area contributed by atoms with Crippen molar-refractivity contribution in [2.24, 2.45) is 0 Å². The second-order valence-corrected chi connectivity index (χ2v) is 26.1. The smallest absolute Gasteiger partial charge is 0.406 e. The summed E-state index contributed by atoms with van der Waals surface area (Å²) in [6.45, 7) is -7.44. The van der Waals surface area contributed by atoms with Gasteiger partial charge >= 0.3 is 13.4 Å². The molecule has 6 nitrogen and oxygen atoms in total. The molecule has 0 aromatic heterocycles. The maximum atomic E-state index is 7.17. The normalized spacial score (nSPS) is 14.5. The van der Waals surface area contributed by atoms with Gasteiger partial charge in [0.2, 0.25) is 0 Å². The minimum Gasteiger partial charge on any atom is -0.406 e. The van der Waals surface area contributed by atoms with Gasteiger partial charge in [-0.05, 0) is 101 Å². The van der Waals surface area contributed by atoms with E-state index in [-0.39, 0.29) is 0 Å². The molecule has 0 spiro atoms. The van der Waals surface area contributed by atoms with Gasteiger partial charge in [0, 0.05) is 23.6 Å². The Bertz CT molecular complexity index is 3920.